The molecule has 1 amide bonds. The van der Waals surface area contributed by atoms with Crippen molar-refractivity contribution in [1.82, 2.24) is 20.2 Å². The van der Waals surface area contributed by atoms with E-state index < -0.39 is 0 Å². The van der Waals surface area contributed by atoms with Crippen LogP contribution in [-0.2, 0) is 11.3 Å². The SMILES string of the molecule is CCC(C)(C)NC(=O)C(C)NCCCCn1ccnc1. The number of carbonyl (C=O) groups is 1. The number of aromatic nitrogens is 2. The van der Waals surface area contributed by atoms with Gasteiger partial charge < -0.3 is 15.2 Å². The minimum Gasteiger partial charge on any atom is -0.350 e. The number of hydrogen-bond donors (Lipinski definition) is 2. The Labute approximate surface area is 122 Å². The first kappa shape index (κ1) is 16.7. The van der Waals surface area contributed by atoms with Crippen LogP contribution in [0.5, 0.6) is 0 Å². The van der Waals surface area contributed by atoms with Crippen LogP contribution in [-0.4, -0.2) is 33.6 Å². The number of nitrogens with zero attached hydrogens (tertiary/aromatic N) is 2. The van der Waals surface area contributed by atoms with E-state index in [4.69, 9.17) is 0 Å². The number of amides is 1. The van der Waals surface area contributed by atoms with E-state index in [1.807, 2.05) is 33.3 Å². The molecule has 0 bridgehead atoms. The first-order valence-electron chi connectivity index (χ1n) is 7.46. The highest BCUT2D eigenvalue weighted by Gasteiger charge is 2.21. The Morgan fingerprint density at radius 3 is 2.75 bits per heavy atom. The van der Waals surface area contributed by atoms with Crippen LogP contribution in [0.3, 0.4) is 0 Å². The molecule has 1 unspecified atom stereocenters. The van der Waals surface area contributed by atoms with Crippen molar-refractivity contribution in [1.29, 1.82) is 0 Å². The van der Waals surface area contributed by atoms with Gasteiger partial charge in [-0.15, -0.1) is 0 Å². The maximum Gasteiger partial charge on any atom is 0.237 e. The number of carbonyl (C=O) groups excluding carboxylic acids is 1. The molecule has 2 N–H and O–H groups in total. The predicted octanol–water partition coefficient (Wildman–Crippen LogP) is 1.95. The smallest absolute Gasteiger partial charge is 0.237 e. The molecule has 0 aromatic carbocycles. The van der Waals surface area contributed by atoms with Gasteiger partial charge in [0.1, 0.15) is 0 Å². The second-order valence-corrected chi connectivity index (χ2v) is 5.91. The molecule has 5 nitrogen and oxygen atoms in total. The summed E-state index contributed by atoms with van der Waals surface area (Å²) in [5, 5.41) is 6.33. The molecule has 1 heterocycles. The van der Waals surface area contributed by atoms with E-state index in [9.17, 15) is 4.79 Å². The molecule has 0 aliphatic heterocycles. The van der Waals surface area contributed by atoms with Crippen molar-refractivity contribution in [3.05, 3.63) is 18.7 Å². The Hall–Kier alpha value is -1.36. The molecule has 1 aromatic rings. The lowest BCUT2D eigenvalue weighted by Gasteiger charge is -2.26. The second kappa shape index (κ2) is 8.04. The zero-order chi connectivity index (χ0) is 15.0. The van der Waals surface area contributed by atoms with Gasteiger partial charge in [0.2, 0.25) is 5.91 Å². The van der Waals surface area contributed by atoms with Crippen molar-refractivity contribution in [2.75, 3.05) is 6.54 Å². The lowest BCUT2D eigenvalue weighted by atomic mass is 10.0. The zero-order valence-electron chi connectivity index (χ0n) is 13.1. The highest BCUT2D eigenvalue weighted by atomic mass is 16.2. The molecular formula is C15H28N4O. The van der Waals surface area contributed by atoms with Gasteiger partial charge in [-0.1, -0.05) is 6.92 Å². The quantitative estimate of drug-likeness (QED) is 0.680. The zero-order valence-corrected chi connectivity index (χ0v) is 13.1. The van der Waals surface area contributed by atoms with E-state index in [2.05, 4.69) is 27.1 Å². The van der Waals surface area contributed by atoms with Gasteiger partial charge in [-0.25, -0.2) is 4.98 Å². The molecule has 1 aromatic heterocycles. The van der Waals surface area contributed by atoms with Crippen LogP contribution in [0.4, 0.5) is 0 Å². The lowest BCUT2D eigenvalue weighted by Crippen LogP contribution is -2.50. The van der Waals surface area contributed by atoms with E-state index in [1.54, 1.807) is 6.20 Å². The lowest BCUT2D eigenvalue weighted by molar-refractivity contribution is -0.124. The van der Waals surface area contributed by atoms with Crippen molar-refractivity contribution in [2.24, 2.45) is 0 Å². The number of hydrogen-bond acceptors (Lipinski definition) is 3. The maximum absolute atomic E-state index is 12.0. The first-order valence-corrected chi connectivity index (χ1v) is 7.46. The van der Waals surface area contributed by atoms with Gasteiger partial charge in [-0.3, -0.25) is 4.79 Å². The molecule has 0 aliphatic rings. The Balaban J connectivity index is 2.13. The molecule has 114 valence electrons. The molecule has 0 aliphatic carbocycles. The number of nitrogens with one attached hydrogen (secondary N) is 2. The second-order valence-electron chi connectivity index (χ2n) is 5.91. The average Bonchev–Trinajstić information content (AvgIpc) is 2.90. The molecule has 20 heavy (non-hydrogen) atoms. The molecule has 5 heteroatoms. The summed E-state index contributed by atoms with van der Waals surface area (Å²) in [6.45, 7) is 9.91. The molecule has 0 saturated heterocycles. The molecule has 0 radical (unpaired) electrons. The third-order valence-electron chi connectivity index (χ3n) is 3.59. The summed E-state index contributed by atoms with van der Waals surface area (Å²) in [5.74, 6) is 0.0754. The summed E-state index contributed by atoms with van der Waals surface area (Å²) in [6, 6.07) is -0.144. The highest BCUT2D eigenvalue weighted by Crippen LogP contribution is 2.07. The van der Waals surface area contributed by atoms with Crippen molar-refractivity contribution >= 4 is 5.91 Å². The van der Waals surface area contributed by atoms with Gasteiger partial charge in [0.25, 0.3) is 0 Å². The van der Waals surface area contributed by atoms with Gasteiger partial charge in [0, 0.05) is 24.5 Å². The fraction of sp³-hybridized carbons (Fsp3) is 0.733. The van der Waals surface area contributed by atoms with Crippen LogP contribution in [0.1, 0.15) is 47.0 Å². The summed E-state index contributed by atoms with van der Waals surface area (Å²) >= 11 is 0. The number of aryl methyl sites for hydroxylation is 1. The highest BCUT2D eigenvalue weighted by molar-refractivity contribution is 5.81. The van der Waals surface area contributed by atoms with Crippen molar-refractivity contribution in [3.63, 3.8) is 0 Å². The van der Waals surface area contributed by atoms with E-state index in [-0.39, 0.29) is 17.5 Å². The van der Waals surface area contributed by atoms with Gasteiger partial charge in [-0.2, -0.15) is 0 Å². The van der Waals surface area contributed by atoms with Crippen molar-refractivity contribution in [2.45, 2.75) is 65.1 Å². The first-order chi connectivity index (χ1) is 9.44. The Bertz CT molecular complexity index is 387. The normalized spacial score (nSPS) is 13.2. The van der Waals surface area contributed by atoms with Crippen LogP contribution in [0.15, 0.2) is 18.7 Å². The maximum atomic E-state index is 12.0. The van der Waals surface area contributed by atoms with Crippen LogP contribution in [0.25, 0.3) is 0 Å². The summed E-state index contributed by atoms with van der Waals surface area (Å²) < 4.78 is 2.07. The van der Waals surface area contributed by atoms with E-state index in [0.29, 0.717) is 0 Å². The van der Waals surface area contributed by atoms with Gasteiger partial charge in [0.05, 0.1) is 12.4 Å². The van der Waals surface area contributed by atoms with E-state index in [1.165, 1.54) is 0 Å². The Kier molecular flexibility index (Phi) is 6.71. The van der Waals surface area contributed by atoms with Crippen LogP contribution >= 0.6 is 0 Å². The summed E-state index contributed by atoms with van der Waals surface area (Å²) in [6.07, 6.45) is 8.65. The van der Waals surface area contributed by atoms with Gasteiger partial charge in [0.15, 0.2) is 0 Å². The molecule has 0 saturated carbocycles. The Morgan fingerprint density at radius 2 is 2.15 bits per heavy atom. The Morgan fingerprint density at radius 1 is 1.40 bits per heavy atom. The fourth-order valence-corrected chi connectivity index (χ4v) is 1.78. The number of imidazole rings is 1. The predicted molar refractivity (Wildman–Crippen MR) is 81.4 cm³/mol. The van der Waals surface area contributed by atoms with Crippen molar-refractivity contribution < 1.29 is 4.79 Å². The van der Waals surface area contributed by atoms with Crippen LogP contribution in [0.2, 0.25) is 0 Å². The summed E-state index contributed by atoms with van der Waals surface area (Å²) in [4.78, 5) is 16.0. The van der Waals surface area contributed by atoms with Crippen molar-refractivity contribution in [3.8, 4) is 0 Å². The number of rotatable bonds is 9. The molecule has 0 spiro atoms. The van der Waals surface area contributed by atoms with Crippen LogP contribution in [0, 0.1) is 0 Å². The fourth-order valence-electron chi connectivity index (χ4n) is 1.78. The van der Waals surface area contributed by atoms with Crippen LogP contribution < -0.4 is 10.6 Å². The minimum atomic E-state index is -0.144. The van der Waals surface area contributed by atoms with Gasteiger partial charge in [-0.05, 0) is 46.6 Å². The summed E-state index contributed by atoms with van der Waals surface area (Å²) in [7, 11) is 0. The summed E-state index contributed by atoms with van der Waals surface area (Å²) in [5.41, 5.74) is -0.131. The standard InChI is InChI=1S/C15H28N4O/c1-5-15(3,4)18-14(20)13(2)17-8-6-7-10-19-11-9-16-12-19/h9,11-13,17H,5-8,10H2,1-4H3,(H,18,20). The topological polar surface area (TPSA) is 59.0 Å². The molecule has 1 atom stereocenters. The van der Waals surface area contributed by atoms with E-state index >= 15 is 0 Å². The third-order valence-corrected chi connectivity index (χ3v) is 3.59. The average molecular weight is 280 g/mol. The largest absolute Gasteiger partial charge is 0.350 e. The van der Waals surface area contributed by atoms with Gasteiger partial charge >= 0.3 is 0 Å². The molecular weight excluding hydrogens is 252 g/mol. The molecule has 0 fully saturated rings. The molecule has 1 rings (SSSR count). The minimum absolute atomic E-state index is 0.0754. The monoisotopic (exact) mass is 280 g/mol. The number of unbranched alkanes of at least 4 members (excludes halogenated alkanes) is 1. The van der Waals surface area contributed by atoms with E-state index in [0.717, 1.165) is 32.4 Å². The third kappa shape index (κ3) is 6.19.